The molecule has 0 bridgehead atoms. The Morgan fingerprint density at radius 1 is 1.30 bits per heavy atom. The minimum atomic E-state index is -0.638. The first-order chi connectivity index (χ1) is 10.8. The molecule has 1 atom stereocenters. The molecule has 1 unspecified atom stereocenters. The second-order valence-electron chi connectivity index (χ2n) is 6.44. The van der Waals surface area contributed by atoms with E-state index in [0.717, 1.165) is 10.7 Å². The van der Waals surface area contributed by atoms with Gasteiger partial charge in [0, 0.05) is 23.9 Å². The van der Waals surface area contributed by atoms with Crippen molar-refractivity contribution in [1.82, 2.24) is 10.3 Å². The van der Waals surface area contributed by atoms with Crippen LogP contribution >= 0.6 is 11.3 Å². The third-order valence-electron chi connectivity index (χ3n) is 3.14. The summed E-state index contributed by atoms with van der Waals surface area (Å²) in [6.07, 6.45) is -0.638. The average Bonchev–Trinajstić information content (AvgIpc) is 2.96. The number of thiazole rings is 1. The molecule has 0 fully saturated rings. The summed E-state index contributed by atoms with van der Waals surface area (Å²) < 4.78 is 18.2. The van der Waals surface area contributed by atoms with Gasteiger partial charge >= 0.3 is 0 Å². The highest BCUT2D eigenvalue weighted by Crippen LogP contribution is 2.25. The van der Waals surface area contributed by atoms with Gasteiger partial charge in [0.15, 0.2) is 0 Å². The molecule has 23 heavy (non-hydrogen) atoms. The normalized spacial score (nSPS) is 13.1. The van der Waals surface area contributed by atoms with Gasteiger partial charge in [-0.1, -0.05) is 20.8 Å². The lowest BCUT2D eigenvalue weighted by atomic mass is 9.98. The number of hydrogen-bond donors (Lipinski definition) is 2. The molecule has 1 aromatic carbocycles. The number of nitrogens with one attached hydrogen (secondary N) is 1. The van der Waals surface area contributed by atoms with Crippen molar-refractivity contribution in [2.24, 2.45) is 0 Å². The minimum Gasteiger partial charge on any atom is -0.491 e. The molecule has 126 valence electrons. The van der Waals surface area contributed by atoms with E-state index in [9.17, 15) is 9.50 Å². The average molecular weight is 338 g/mol. The molecule has 1 heterocycles. The zero-order valence-electron chi connectivity index (χ0n) is 13.7. The van der Waals surface area contributed by atoms with Crippen LogP contribution < -0.4 is 10.1 Å². The molecule has 4 nitrogen and oxygen atoms in total. The van der Waals surface area contributed by atoms with Crippen LogP contribution in [0.1, 0.15) is 31.5 Å². The molecule has 2 aromatic rings. The maximum atomic E-state index is 12.8. The first-order valence-electron chi connectivity index (χ1n) is 7.56. The first kappa shape index (κ1) is 17.8. The van der Waals surface area contributed by atoms with Gasteiger partial charge in [-0.25, -0.2) is 9.37 Å². The predicted molar refractivity (Wildman–Crippen MR) is 90.4 cm³/mol. The molecule has 0 aliphatic carbocycles. The quantitative estimate of drug-likeness (QED) is 0.814. The van der Waals surface area contributed by atoms with Crippen molar-refractivity contribution < 1.29 is 14.2 Å². The zero-order chi connectivity index (χ0) is 16.9. The third-order valence-corrected chi connectivity index (χ3v) is 4.45. The van der Waals surface area contributed by atoms with Crippen molar-refractivity contribution in [3.8, 4) is 5.75 Å². The summed E-state index contributed by atoms with van der Waals surface area (Å²) in [6, 6.07) is 5.74. The van der Waals surface area contributed by atoms with Gasteiger partial charge < -0.3 is 15.2 Å². The van der Waals surface area contributed by atoms with Crippen molar-refractivity contribution >= 4 is 11.3 Å². The number of benzene rings is 1. The molecule has 0 spiro atoms. The van der Waals surface area contributed by atoms with Crippen molar-refractivity contribution in [1.29, 1.82) is 0 Å². The van der Waals surface area contributed by atoms with Gasteiger partial charge in [0.05, 0.1) is 10.7 Å². The van der Waals surface area contributed by atoms with Crippen molar-refractivity contribution in [3.63, 3.8) is 0 Å². The van der Waals surface area contributed by atoms with E-state index in [4.69, 9.17) is 4.74 Å². The highest BCUT2D eigenvalue weighted by Gasteiger charge is 2.17. The molecule has 0 saturated carbocycles. The largest absolute Gasteiger partial charge is 0.491 e. The molecular formula is C17H23FN2O2S. The standard InChI is InChI=1S/C17H23FN2O2S/c1-17(2,3)16-20-13(11-23-16)8-19-9-14(21)10-22-15-6-4-12(18)5-7-15/h4-7,11,14,19,21H,8-10H2,1-3H3. The highest BCUT2D eigenvalue weighted by molar-refractivity contribution is 7.09. The lowest BCUT2D eigenvalue weighted by molar-refractivity contribution is 0.106. The van der Waals surface area contributed by atoms with Gasteiger partial charge in [-0.3, -0.25) is 0 Å². The summed E-state index contributed by atoms with van der Waals surface area (Å²) in [5.74, 6) is 0.234. The SMILES string of the molecule is CC(C)(C)c1nc(CNCC(O)COc2ccc(F)cc2)cs1. The number of rotatable bonds is 7. The molecule has 2 N–H and O–H groups in total. The van der Waals surface area contributed by atoms with Crippen LogP contribution in [0, 0.1) is 5.82 Å². The highest BCUT2D eigenvalue weighted by atomic mass is 32.1. The number of halogens is 1. The summed E-state index contributed by atoms with van der Waals surface area (Å²) in [4.78, 5) is 4.59. The maximum Gasteiger partial charge on any atom is 0.123 e. The number of nitrogens with zero attached hydrogens (tertiary/aromatic N) is 1. The first-order valence-corrected chi connectivity index (χ1v) is 8.44. The van der Waals surface area contributed by atoms with Crippen LogP contribution in [0.15, 0.2) is 29.6 Å². The lowest BCUT2D eigenvalue weighted by Crippen LogP contribution is -2.31. The lowest BCUT2D eigenvalue weighted by Gasteiger charge is -2.14. The van der Waals surface area contributed by atoms with E-state index in [1.165, 1.54) is 12.1 Å². The molecule has 6 heteroatoms. The van der Waals surface area contributed by atoms with Crippen LogP contribution in [-0.4, -0.2) is 29.3 Å². The predicted octanol–water partition coefficient (Wildman–Crippen LogP) is 3.11. The maximum absolute atomic E-state index is 12.8. The van der Waals surface area contributed by atoms with E-state index < -0.39 is 6.10 Å². The summed E-state index contributed by atoms with van der Waals surface area (Å²) in [7, 11) is 0. The Bertz CT molecular complexity index is 608. The second-order valence-corrected chi connectivity index (χ2v) is 7.30. The van der Waals surface area contributed by atoms with Crippen LogP contribution in [0.5, 0.6) is 5.75 Å². The molecule has 0 amide bonds. The monoisotopic (exact) mass is 338 g/mol. The number of aliphatic hydroxyl groups excluding tert-OH is 1. The Labute approximate surface area is 140 Å². The van der Waals surface area contributed by atoms with Gasteiger partial charge in [0.1, 0.15) is 24.3 Å². The van der Waals surface area contributed by atoms with Crippen molar-refractivity contribution in [2.75, 3.05) is 13.2 Å². The van der Waals surface area contributed by atoms with Gasteiger partial charge in [0.2, 0.25) is 0 Å². The van der Waals surface area contributed by atoms with E-state index in [0.29, 0.717) is 18.8 Å². The van der Waals surface area contributed by atoms with Crippen LogP contribution in [0.25, 0.3) is 0 Å². The van der Waals surface area contributed by atoms with Gasteiger partial charge in [-0.05, 0) is 24.3 Å². The number of hydrogen-bond acceptors (Lipinski definition) is 5. The molecule has 0 saturated heterocycles. The molecule has 0 aliphatic rings. The minimum absolute atomic E-state index is 0.0609. The van der Waals surface area contributed by atoms with Crippen LogP contribution in [0.2, 0.25) is 0 Å². The fourth-order valence-corrected chi connectivity index (χ4v) is 2.79. The van der Waals surface area contributed by atoms with E-state index in [-0.39, 0.29) is 17.8 Å². The van der Waals surface area contributed by atoms with Gasteiger partial charge in [-0.2, -0.15) is 0 Å². The molecule has 1 aromatic heterocycles. The summed E-state index contributed by atoms with van der Waals surface area (Å²) >= 11 is 1.66. The Hall–Kier alpha value is -1.50. The summed E-state index contributed by atoms with van der Waals surface area (Å²) in [5.41, 5.74) is 1.04. The molecule has 0 aliphatic heterocycles. The van der Waals surface area contributed by atoms with Gasteiger partial charge in [0.25, 0.3) is 0 Å². The van der Waals surface area contributed by atoms with Crippen LogP contribution in [0.4, 0.5) is 4.39 Å². The van der Waals surface area contributed by atoms with E-state index in [1.807, 2.05) is 5.38 Å². The molecule has 0 radical (unpaired) electrons. The Kier molecular flexibility index (Phi) is 6.10. The van der Waals surface area contributed by atoms with Crippen LogP contribution in [0.3, 0.4) is 0 Å². The van der Waals surface area contributed by atoms with E-state index in [1.54, 1.807) is 23.5 Å². The van der Waals surface area contributed by atoms with Crippen molar-refractivity contribution in [3.05, 3.63) is 46.2 Å². The summed E-state index contributed by atoms with van der Waals surface area (Å²) in [5, 5.41) is 16.2. The van der Waals surface area contributed by atoms with E-state index in [2.05, 4.69) is 31.1 Å². The van der Waals surface area contributed by atoms with Gasteiger partial charge in [-0.15, -0.1) is 11.3 Å². The molecule has 2 rings (SSSR count). The Morgan fingerprint density at radius 2 is 2.00 bits per heavy atom. The fourth-order valence-electron chi connectivity index (χ4n) is 1.88. The Morgan fingerprint density at radius 3 is 2.61 bits per heavy atom. The Balaban J connectivity index is 1.69. The third kappa shape index (κ3) is 5.89. The zero-order valence-corrected chi connectivity index (χ0v) is 14.5. The summed E-state index contributed by atoms with van der Waals surface area (Å²) in [6.45, 7) is 7.59. The smallest absolute Gasteiger partial charge is 0.123 e. The fraction of sp³-hybridized carbons (Fsp3) is 0.471. The van der Waals surface area contributed by atoms with Crippen molar-refractivity contribution in [2.45, 2.75) is 38.8 Å². The number of aromatic nitrogens is 1. The second kappa shape index (κ2) is 7.86. The number of aliphatic hydroxyl groups is 1. The van der Waals surface area contributed by atoms with Crippen LogP contribution in [-0.2, 0) is 12.0 Å². The number of ether oxygens (including phenoxy) is 1. The molecular weight excluding hydrogens is 315 g/mol. The van der Waals surface area contributed by atoms with E-state index >= 15 is 0 Å². The topological polar surface area (TPSA) is 54.4 Å².